The minimum Gasteiger partial charge on any atom is -0.496 e. The third-order valence-corrected chi connectivity index (χ3v) is 5.84. The van der Waals surface area contributed by atoms with Crippen molar-refractivity contribution in [3.63, 3.8) is 0 Å². The number of ether oxygens (including phenoxy) is 4. The fourth-order valence-corrected chi connectivity index (χ4v) is 4.42. The van der Waals surface area contributed by atoms with E-state index in [0.29, 0.717) is 17.2 Å². The lowest BCUT2D eigenvalue weighted by Gasteiger charge is -2.14. The third kappa shape index (κ3) is 5.16. The van der Waals surface area contributed by atoms with Gasteiger partial charge in [-0.25, -0.2) is 4.68 Å². The Balaban J connectivity index is 2.20. The summed E-state index contributed by atoms with van der Waals surface area (Å²) in [5.41, 5.74) is 2.55. The molecule has 0 fully saturated rings. The van der Waals surface area contributed by atoms with Crippen molar-refractivity contribution < 1.29 is 18.9 Å². The summed E-state index contributed by atoms with van der Waals surface area (Å²) in [5.74, 6) is 2.40. The zero-order valence-corrected chi connectivity index (χ0v) is 21.3. The minimum atomic E-state index is 0.114. The molecule has 1 heterocycles. The lowest BCUT2D eigenvalue weighted by molar-refractivity contribution is 0.324. The van der Waals surface area contributed by atoms with Gasteiger partial charge in [0.1, 0.15) is 5.75 Å². The number of rotatable bonds is 8. The molecule has 0 spiro atoms. The summed E-state index contributed by atoms with van der Waals surface area (Å²) in [6, 6.07) is 9.68. The summed E-state index contributed by atoms with van der Waals surface area (Å²) in [6.07, 6.45) is 1.76. The highest BCUT2D eigenvalue weighted by molar-refractivity contribution is 9.10. The van der Waals surface area contributed by atoms with E-state index in [2.05, 4.69) is 15.9 Å². The Labute approximate surface area is 200 Å². The van der Waals surface area contributed by atoms with Gasteiger partial charge in [0, 0.05) is 27.0 Å². The standard InChI is InChI=1S/C23H26BrN3O4S/c1-14(2)26-23-27(25-12-16-9-17(24)7-8-19(16)28-3)18(13-32-23)15-10-20(29-4)22(31-6)21(11-15)30-5/h7-14H,1-6H3. The SMILES string of the molecule is COc1ccc(Br)cc1C=Nn1c(-c2cc(OC)c(OC)c(OC)c2)csc1=NC(C)C. The smallest absolute Gasteiger partial charge is 0.206 e. The Kier molecular flexibility index (Phi) is 7.98. The average molecular weight is 520 g/mol. The fourth-order valence-electron chi connectivity index (χ4n) is 3.07. The number of halogens is 1. The van der Waals surface area contributed by atoms with E-state index in [1.807, 2.05) is 54.2 Å². The highest BCUT2D eigenvalue weighted by Crippen LogP contribution is 2.41. The van der Waals surface area contributed by atoms with Gasteiger partial charge in [-0.15, -0.1) is 11.3 Å². The summed E-state index contributed by atoms with van der Waals surface area (Å²) in [5, 5.41) is 6.78. The Hall–Kier alpha value is -2.78. The van der Waals surface area contributed by atoms with Crippen LogP contribution in [-0.2, 0) is 0 Å². The molecule has 7 nitrogen and oxygen atoms in total. The normalized spacial score (nSPS) is 11.9. The summed E-state index contributed by atoms with van der Waals surface area (Å²) in [4.78, 5) is 5.51. The Bertz CT molecular complexity index is 1160. The van der Waals surface area contributed by atoms with Crippen molar-refractivity contribution in [2.75, 3.05) is 28.4 Å². The van der Waals surface area contributed by atoms with E-state index in [4.69, 9.17) is 29.0 Å². The van der Waals surface area contributed by atoms with Crippen molar-refractivity contribution in [1.29, 1.82) is 0 Å². The second-order valence-electron chi connectivity index (χ2n) is 6.98. The van der Waals surface area contributed by atoms with E-state index in [1.54, 1.807) is 34.7 Å². The first kappa shape index (κ1) is 23.9. The molecule has 0 saturated carbocycles. The maximum absolute atomic E-state index is 5.53. The van der Waals surface area contributed by atoms with E-state index in [0.717, 1.165) is 31.8 Å². The molecule has 0 atom stereocenters. The van der Waals surface area contributed by atoms with Gasteiger partial charge < -0.3 is 18.9 Å². The molecule has 0 unspecified atom stereocenters. The zero-order valence-electron chi connectivity index (χ0n) is 18.9. The van der Waals surface area contributed by atoms with Crippen molar-refractivity contribution in [3.8, 4) is 34.3 Å². The molecule has 3 aromatic rings. The molecule has 0 aliphatic rings. The van der Waals surface area contributed by atoms with Crippen molar-refractivity contribution >= 4 is 33.5 Å². The van der Waals surface area contributed by atoms with E-state index in [-0.39, 0.29) is 6.04 Å². The first-order chi connectivity index (χ1) is 15.4. The van der Waals surface area contributed by atoms with Gasteiger partial charge in [-0.3, -0.25) is 4.99 Å². The number of benzene rings is 2. The quantitative estimate of drug-likeness (QED) is 0.383. The number of thiazole rings is 1. The van der Waals surface area contributed by atoms with Gasteiger partial charge >= 0.3 is 0 Å². The molecule has 170 valence electrons. The fraction of sp³-hybridized carbons (Fsp3) is 0.304. The number of hydrogen-bond acceptors (Lipinski definition) is 7. The topological polar surface area (TPSA) is 66.6 Å². The van der Waals surface area contributed by atoms with Crippen LogP contribution in [0.5, 0.6) is 23.0 Å². The first-order valence-electron chi connectivity index (χ1n) is 9.84. The van der Waals surface area contributed by atoms with E-state index >= 15 is 0 Å². The Morgan fingerprint density at radius 3 is 2.16 bits per heavy atom. The van der Waals surface area contributed by atoms with Crippen molar-refractivity contribution in [2.45, 2.75) is 19.9 Å². The van der Waals surface area contributed by atoms with Crippen LogP contribution in [-0.4, -0.2) is 45.4 Å². The van der Waals surface area contributed by atoms with Crippen LogP contribution in [0.15, 0.2) is 50.3 Å². The third-order valence-electron chi connectivity index (χ3n) is 4.52. The number of nitrogens with zero attached hydrogens (tertiary/aromatic N) is 3. The molecule has 2 aromatic carbocycles. The molecule has 1 aromatic heterocycles. The number of aromatic nitrogens is 1. The molecule has 0 radical (unpaired) electrons. The highest BCUT2D eigenvalue weighted by Gasteiger charge is 2.17. The van der Waals surface area contributed by atoms with Gasteiger partial charge in [0.15, 0.2) is 11.5 Å². The lowest BCUT2D eigenvalue weighted by Crippen LogP contribution is -2.14. The van der Waals surface area contributed by atoms with E-state index in [1.165, 1.54) is 11.3 Å². The highest BCUT2D eigenvalue weighted by atomic mass is 79.9. The zero-order chi connectivity index (χ0) is 23.3. The second kappa shape index (κ2) is 10.7. The van der Waals surface area contributed by atoms with Crippen LogP contribution in [0.4, 0.5) is 0 Å². The predicted molar refractivity (Wildman–Crippen MR) is 132 cm³/mol. The Morgan fingerprint density at radius 1 is 0.938 bits per heavy atom. The summed E-state index contributed by atoms with van der Waals surface area (Å²) < 4.78 is 24.7. The largest absolute Gasteiger partial charge is 0.496 e. The van der Waals surface area contributed by atoms with Gasteiger partial charge in [-0.1, -0.05) is 15.9 Å². The van der Waals surface area contributed by atoms with Crippen LogP contribution in [0, 0.1) is 0 Å². The van der Waals surface area contributed by atoms with Crippen molar-refractivity contribution in [3.05, 3.63) is 50.5 Å². The number of hydrogen-bond donors (Lipinski definition) is 0. The van der Waals surface area contributed by atoms with Crippen LogP contribution in [0.2, 0.25) is 0 Å². The lowest BCUT2D eigenvalue weighted by atomic mass is 10.1. The van der Waals surface area contributed by atoms with Crippen molar-refractivity contribution in [2.24, 2.45) is 10.1 Å². The molecule has 32 heavy (non-hydrogen) atoms. The summed E-state index contributed by atoms with van der Waals surface area (Å²) >= 11 is 5.02. The molecule has 0 aliphatic heterocycles. The molecule has 9 heteroatoms. The van der Waals surface area contributed by atoms with Crippen LogP contribution in [0.1, 0.15) is 19.4 Å². The predicted octanol–water partition coefficient (Wildman–Crippen LogP) is 5.20. The molecule has 0 aliphatic carbocycles. The minimum absolute atomic E-state index is 0.114. The maximum Gasteiger partial charge on any atom is 0.206 e. The molecular formula is C23H26BrN3O4S. The van der Waals surface area contributed by atoms with E-state index in [9.17, 15) is 0 Å². The van der Waals surface area contributed by atoms with Crippen LogP contribution in [0.3, 0.4) is 0 Å². The van der Waals surface area contributed by atoms with Crippen LogP contribution >= 0.6 is 27.3 Å². The van der Waals surface area contributed by atoms with Crippen LogP contribution < -0.4 is 23.7 Å². The van der Waals surface area contributed by atoms with Gasteiger partial charge in [0.05, 0.1) is 40.3 Å². The van der Waals surface area contributed by atoms with Gasteiger partial charge in [0.2, 0.25) is 10.6 Å². The van der Waals surface area contributed by atoms with Crippen molar-refractivity contribution in [1.82, 2.24) is 4.68 Å². The van der Waals surface area contributed by atoms with Crippen LogP contribution in [0.25, 0.3) is 11.3 Å². The number of methoxy groups -OCH3 is 4. The average Bonchev–Trinajstić information content (AvgIpc) is 3.18. The van der Waals surface area contributed by atoms with E-state index < -0.39 is 0 Å². The molecule has 3 rings (SSSR count). The summed E-state index contributed by atoms with van der Waals surface area (Å²) in [7, 11) is 6.42. The molecular weight excluding hydrogens is 494 g/mol. The van der Waals surface area contributed by atoms with Gasteiger partial charge in [-0.2, -0.15) is 5.10 Å². The Morgan fingerprint density at radius 2 is 1.59 bits per heavy atom. The monoisotopic (exact) mass is 519 g/mol. The molecule has 0 amide bonds. The summed E-state index contributed by atoms with van der Waals surface area (Å²) in [6.45, 7) is 4.06. The molecule has 0 bridgehead atoms. The molecule has 0 saturated heterocycles. The van der Waals surface area contributed by atoms with Gasteiger partial charge in [-0.05, 0) is 44.2 Å². The second-order valence-corrected chi connectivity index (χ2v) is 8.74. The van der Waals surface area contributed by atoms with Gasteiger partial charge in [0.25, 0.3) is 0 Å². The first-order valence-corrected chi connectivity index (χ1v) is 11.5. The maximum atomic E-state index is 5.53. The molecule has 0 N–H and O–H groups in total.